The van der Waals surface area contributed by atoms with E-state index in [-0.39, 0.29) is 0 Å². The van der Waals surface area contributed by atoms with Gasteiger partial charge in [-0.2, -0.15) is 0 Å². The third-order valence-electron chi connectivity index (χ3n) is 2.39. The average molecular weight is 199 g/mol. The summed E-state index contributed by atoms with van der Waals surface area (Å²) < 4.78 is 0. The van der Waals surface area contributed by atoms with Gasteiger partial charge in [-0.05, 0) is 13.0 Å². The van der Waals surface area contributed by atoms with Crippen molar-refractivity contribution in [2.75, 3.05) is 13.1 Å². The monoisotopic (exact) mass is 199 g/mol. The normalized spacial score (nSPS) is 10.4. The summed E-state index contributed by atoms with van der Waals surface area (Å²) in [5, 5.41) is 3.17. The molecule has 0 aromatic rings. The SMILES string of the molecule is CCCCCCCC(=O)CCNCC. The van der Waals surface area contributed by atoms with Crippen molar-refractivity contribution in [1.29, 1.82) is 0 Å². The van der Waals surface area contributed by atoms with Crippen LogP contribution in [0.5, 0.6) is 0 Å². The van der Waals surface area contributed by atoms with Crippen LogP contribution in [-0.4, -0.2) is 18.9 Å². The van der Waals surface area contributed by atoms with Crippen molar-refractivity contribution in [3.8, 4) is 0 Å². The molecular weight excluding hydrogens is 174 g/mol. The Balaban J connectivity index is 3.10. The molecule has 0 fully saturated rings. The van der Waals surface area contributed by atoms with Gasteiger partial charge in [0.1, 0.15) is 5.78 Å². The van der Waals surface area contributed by atoms with Gasteiger partial charge >= 0.3 is 0 Å². The van der Waals surface area contributed by atoms with Gasteiger partial charge < -0.3 is 5.32 Å². The summed E-state index contributed by atoms with van der Waals surface area (Å²) in [6.07, 6.45) is 7.68. The first-order chi connectivity index (χ1) is 6.81. The van der Waals surface area contributed by atoms with Crippen LogP contribution in [0, 0.1) is 0 Å². The lowest BCUT2D eigenvalue weighted by Gasteiger charge is -2.01. The van der Waals surface area contributed by atoms with E-state index in [0.717, 1.165) is 25.9 Å². The second kappa shape index (κ2) is 10.7. The summed E-state index contributed by atoms with van der Waals surface area (Å²) in [5.41, 5.74) is 0. The van der Waals surface area contributed by atoms with Gasteiger partial charge in [0, 0.05) is 19.4 Å². The van der Waals surface area contributed by atoms with E-state index in [1.807, 2.05) is 0 Å². The summed E-state index contributed by atoms with van der Waals surface area (Å²) in [5.74, 6) is 0.419. The van der Waals surface area contributed by atoms with E-state index in [1.165, 1.54) is 25.7 Å². The number of unbranched alkanes of at least 4 members (excludes halogenated alkanes) is 4. The second-order valence-corrected chi connectivity index (χ2v) is 3.81. The lowest BCUT2D eigenvalue weighted by Crippen LogP contribution is -2.17. The number of carbonyl (C=O) groups excluding carboxylic acids is 1. The van der Waals surface area contributed by atoms with E-state index in [9.17, 15) is 4.79 Å². The highest BCUT2D eigenvalue weighted by molar-refractivity contribution is 5.78. The molecule has 0 bridgehead atoms. The Hall–Kier alpha value is -0.370. The smallest absolute Gasteiger partial charge is 0.134 e. The molecule has 0 radical (unpaired) electrons. The molecule has 0 heterocycles. The molecular formula is C12H25NO. The molecule has 1 N–H and O–H groups in total. The van der Waals surface area contributed by atoms with Crippen LogP contribution in [0.25, 0.3) is 0 Å². The number of hydrogen-bond donors (Lipinski definition) is 1. The van der Waals surface area contributed by atoms with Crippen molar-refractivity contribution in [1.82, 2.24) is 5.32 Å². The summed E-state index contributed by atoms with van der Waals surface area (Å²) in [4.78, 5) is 11.3. The number of carbonyl (C=O) groups is 1. The molecule has 2 nitrogen and oxygen atoms in total. The largest absolute Gasteiger partial charge is 0.317 e. The Morgan fingerprint density at radius 1 is 1.00 bits per heavy atom. The lowest BCUT2D eigenvalue weighted by molar-refractivity contribution is -0.119. The maximum atomic E-state index is 11.3. The summed E-state index contributed by atoms with van der Waals surface area (Å²) in [6.45, 7) is 6.09. The standard InChI is InChI=1S/C12H25NO/c1-3-5-6-7-8-9-12(14)10-11-13-4-2/h13H,3-11H2,1-2H3. The van der Waals surface area contributed by atoms with Gasteiger partial charge in [0.05, 0.1) is 0 Å². The Bertz CT molecular complexity index is 134. The minimum Gasteiger partial charge on any atom is -0.317 e. The van der Waals surface area contributed by atoms with E-state index < -0.39 is 0 Å². The first kappa shape index (κ1) is 13.6. The molecule has 0 aliphatic carbocycles. The van der Waals surface area contributed by atoms with E-state index in [2.05, 4.69) is 19.2 Å². The number of Topliss-reactive ketones (excluding diaryl/α,β-unsaturated/α-hetero) is 1. The molecule has 0 spiro atoms. The van der Waals surface area contributed by atoms with Crippen molar-refractivity contribution < 1.29 is 4.79 Å². The molecule has 0 unspecified atom stereocenters. The minimum atomic E-state index is 0.419. The number of rotatable bonds is 10. The molecule has 0 aromatic heterocycles. The van der Waals surface area contributed by atoms with Crippen molar-refractivity contribution in [2.45, 2.75) is 58.8 Å². The summed E-state index contributed by atoms with van der Waals surface area (Å²) in [7, 11) is 0. The van der Waals surface area contributed by atoms with E-state index in [1.54, 1.807) is 0 Å². The first-order valence-electron chi connectivity index (χ1n) is 6.03. The molecule has 0 saturated carbocycles. The second-order valence-electron chi connectivity index (χ2n) is 3.81. The fourth-order valence-corrected chi connectivity index (χ4v) is 1.46. The molecule has 2 heteroatoms. The molecule has 0 aliphatic heterocycles. The van der Waals surface area contributed by atoms with E-state index >= 15 is 0 Å². The summed E-state index contributed by atoms with van der Waals surface area (Å²) in [6, 6.07) is 0. The zero-order valence-corrected chi connectivity index (χ0v) is 9.77. The van der Waals surface area contributed by atoms with Crippen LogP contribution in [0.2, 0.25) is 0 Å². The number of nitrogens with one attached hydrogen (secondary N) is 1. The number of hydrogen-bond acceptors (Lipinski definition) is 2. The van der Waals surface area contributed by atoms with Gasteiger partial charge in [0.2, 0.25) is 0 Å². The molecule has 0 saturated heterocycles. The molecule has 0 aliphatic rings. The third-order valence-corrected chi connectivity index (χ3v) is 2.39. The predicted octanol–water partition coefficient (Wildman–Crippen LogP) is 2.92. The van der Waals surface area contributed by atoms with Crippen LogP contribution >= 0.6 is 0 Å². The Morgan fingerprint density at radius 3 is 2.36 bits per heavy atom. The Labute approximate surface area is 88.5 Å². The zero-order chi connectivity index (χ0) is 10.6. The Kier molecular flexibility index (Phi) is 10.4. The van der Waals surface area contributed by atoms with Crippen LogP contribution in [0.15, 0.2) is 0 Å². The van der Waals surface area contributed by atoms with Gasteiger partial charge in [0.25, 0.3) is 0 Å². The van der Waals surface area contributed by atoms with E-state index in [0.29, 0.717) is 12.2 Å². The molecule has 14 heavy (non-hydrogen) atoms. The highest BCUT2D eigenvalue weighted by Crippen LogP contribution is 2.05. The molecule has 0 rings (SSSR count). The molecule has 0 amide bonds. The highest BCUT2D eigenvalue weighted by atomic mass is 16.1. The maximum absolute atomic E-state index is 11.3. The molecule has 0 atom stereocenters. The Morgan fingerprint density at radius 2 is 1.71 bits per heavy atom. The van der Waals surface area contributed by atoms with Crippen molar-refractivity contribution in [2.24, 2.45) is 0 Å². The van der Waals surface area contributed by atoms with Crippen LogP contribution in [0.1, 0.15) is 58.8 Å². The summed E-state index contributed by atoms with van der Waals surface area (Å²) >= 11 is 0. The van der Waals surface area contributed by atoms with Gasteiger partial charge in [-0.25, -0.2) is 0 Å². The van der Waals surface area contributed by atoms with Crippen molar-refractivity contribution >= 4 is 5.78 Å². The minimum absolute atomic E-state index is 0.419. The van der Waals surface area contributed by atoms with Crippen LogP contribution in [0.4, 0.5) is 0 Å². The average Bonchev–Trinajstić information content (AvgIpc) is 2.18. The van der Waals surface area contributed by atoms with Gasteiger partial charge in [-0.3, -0.25) is 4.79 Å². The molecule has 0 aromatic carbocycles. The fourth-order valence-electron chi connectivity index (χ4n) is 1.46. The zero-order valence-electron chi connectivity index (χ0n) is 9.77. The molecule has 84 valence electrons. The highest BCUT2D eigenvalue weighted by Gasteiger charge is 2.00. The van der Waals surface area contributed by atoms with Gasteiger partial charge in [-0.1, -0.05) is 39.5 Å². The van der Waals surface area contributed by atoms with Crippen LogP contribution in [-0.2, 0) is 4.79 Å². The fraction of sp³-hybridized carbons (Fsp3) is 0.917. The maximum Gasteiger partial charge on any atom is 0.134 e. The van der Waals surface area contributed by atoms with Crippen molar-refractivity contribution in [3.05, 3.63) is 0 Å². The van der Waals surface area contributed by atoms with Crippen LogP contribution in [0.3, 0.4) is 0 Å². The number of ketones is 1. The van der Waals surface area contributed by atoms with Crippen molar-refractivity contribution in [3.63, 3.8) is 0 Å². The van der Waals surface area contributed by atoms with Crippen LogP contribution < -0.4 is 5.32 Å². The lowest BCUT2D eigenvalue weighted by atomic mass is 10.1. The quantitative estimate of drug-likeness (QED) is 0.548. The van der Waals surface area contributed by atoms with Gasteiger partial charge in [-0.15, -0.1) is 0 Å². The third kappa shape index (κ3) is 9.72. The first-order valence-corrected chi connectivity index (χ1v) is 6.03. The topological polar surface area (TPSA) is 29.1 Å². The van der Waals surface area contributed by atoms with E-state index in [4.69, 9.17) is 0 Å². The predicted molar refractivity (Wildman–Crippen MR) is 61.5 cm³/mol. The van der Waals surface area contributed by atoms with Gasteiger partial charge in [0.15, 0.2) is 0 Å².